The second kappa shape index (κ2) is 11.4. The van der Waals surface area contributed by atoms with Crippen LogP contribution in [0, 0.1) is 3.57 Å². The lowest BCUT2D eigenvalue weighted by molar-refractivity contribution is -0.123. The molecule has 35 heavy (non-hydrogen) atoms. The van der Waals surface area contributed by atoms with Gasteiger partial charge in [0.1, 0.15) is 0 Å². The van der Waals surface area contributed by atoms with Crippen molar-refractivity contribution in [3.05, 3.63) is 96.4 Å². The van der Waals surface area contributed by atoms with Gasteiger partial charge in [0.2, 0.25) is 0 Å². The van der Waals surface area contributed by atoms with E-state index in [-0.39, 0.29) is 17.7 Å². The maximum Gasteiger partial charge on any atom is 0.343 e. The number of hydrogen-bond acceptors (Lipinski definition) is 6. The van der Waals surface area contributed by atoms with Crippen molar-refractivity contribution in [2.45, 2.75) is 13.5 Å². The second-order valence-electron chi connectivity index (χ2n) is 7.41. The normalized spacial score (nSPS) is 14.5. The van der Waals surface area contributed by atoms with Gasteiger partial charge in [0.05, 0.1) is 27.2 Å². The van der Waals surface area contributed by atoms with Crippen LogP contribution < -0.4 is 9.47 Å². The highest BCUT2D eigenvalue weighted by Crippen LogP contribution is 2.38. The zero-order valence-electron chi connectivity index (χ0n) is 18.5. The summed E-state index contributed by atoms with van der Waals surface area (Å²) in [6, 6.07) is 19.6. The Kier molecular flexibility index (Phi) is 8.30. The van der Waals surface area contributed by atoms with Gasteiger partial charge in [-0.25, -0.2) is 4.79 Å². The van der Waals surface area contributed by atoms with Gasteiger partial charge in [-0.05, 0) is 94.9 Å². The third-order valence-electron chi connectivity index (χ3n) is 4.96. The van der Waals surface area contributed by atoms with Crippen LogP contribution in [0.4, 0.5) is 4.79 Å². The number of carbonyl (C=O) groups excluding carboxylic acids is 3. The fourth-order valence-electron chi connectivity index (χ4n) is 3.32. The molecule has 0 saturated carbocycles. The van der Waals surface area contributed by atoms with Crippen LogP contribution in [0.5, 0.6) is 11.5 Å². The van der Waals surface area contributed by atoms with E-state index in [1.54, 1.807) is 42.5 Å². The Bertz CT molecular complexity index is 1310. The van der Waals surface area contributed by atoms with Gasteiger partial charge in [-0.15, -0.1) is 0 Å². The van der Waals surface area contributed by atoms with Crippen molar-refractivity contribution in [3.63, 3.8) is 0 Å². The van der Waals surface area contributed by atoms with Crippen molar-refractivity contribution < 1.29 is 23.9 Å². The smallest absolute Gasteiger partial charge is 0.343 e. The Morgan fingerprint density at radius 1 is 1.09 bits per heavy atom. The maximum atomic E-state index is 13.0. The standard InChI is InChI=1S/C26H19BrINO5S/c1-2-33-21-13-17(12-20(28)23(21)34-25(31)18-6-4-3-5-7-18)14-22-24(30)29(26(32)35-22)15-16-8-10-19(27)11-9-16/h3-14H,2,15H2,1H3/b22-14-. The summed E-state index contributed by atoms with van der Waals surface area (Å²) in [7, 11) is 0. The summed E-state index contributed by atoms with van der Waals surface area (Å²) in [5.41, 5.74) is 1.94. The molecule has 0 N–H and O–H groups in total. The van der Waals surface area contributed by atoms with Crippen LogP contribution in [0.3, 0.4) is 0 Å². The fourth-order valence-corrected chi connectivity index (χ4v) is 5.16. The molecule has 3 aromatic carbocycles. The number of imide groups is 1. The molecule has 0 atom stereocenters. The second-order valence-corrected chi connectivity index (χ2v) is 10.5. The Morgan fingerprint density at radius 2 is 1.80 bits per heavy atom. The monoisotopic (exact) mass is 663 g/mol. The molecule has 0 aromatic heterocycles. The zero-order valence-corrected chi connectivity index (χ0v) is 23.1. The molecule has 0 unspecified atom stereocenters. The van der Waals surface area contributed by atoms with E-state index in [0.717, 1.165) is 21.8 Å². The van der Waals surface area contributed by atoms with E-state index in [1.165, 1.54) is 4.90 Å². The largest absolute Gasteiger partial charge is 0.490 e. The van der Waals surface area contributed by atoms with E-state index >= 15 is 0 Å². The van der Waals surface area contributed by atoms with Crippen molar-refractivity contribution in [3.8, 4) is 11.5 Å². The lowest BCUT2D eigenvalue weighted by Gasteiger charge is -2.14. The van der Waals surface area contributed by atoms with Crippen molar-refractivity contribution in [2.75, 3.05) is 6.61 Å². The van der Waals surface area contributed by atoms with E-state index < -0.39 is 5.97 Å². The molecule has 0 aliphatic carbocycles. The van der Waals surface area contributed by atoms with Gasteiger partial charge in [0, 0.05) is 4.47 Å². The van der Waals surface area contributed by atoms with Crippen LogP contribution in [0.15, 0.2) is 76.1 Å². The Balaban J connectivity index is 1.58. The Morgan fingerprint density at radius 3 is 2.49 bits per heavy atom. The van der Waals surface area contributed by atoms with Gasteiger partial charge in [-0.3, -0.25) is 14.5 Å². The first-order valence-corrected chi connectivity index (χ1v) is 13.3. The van der Waals surface area contributed by atoms with Gasteiger partial charge in [-0.1, -0.05) is 46.3 Å². The van der Waals surface area contributed by atoms with E-state index in [2.05, 4.69) is 38.5 Å². The molecule has 0 radical (unpaired) electrons. The molecule has 0 spiro atoms. The Hall–Kier alpha value is -2.63. The minimum atomic E-state index is -0.494. The number of halogens is 2. The highest BCUT2D eigenvalue weighted by molar-refractivity contribution is 14.1. The number of hydrogen-bond donors (Lipinski definition) is 0. The lowest BCUT2D eigenvalue weighted by atomic mass is 10.1. The maximum absolute atomic E-state index is 13.0. The summed E-state index contributed by atoms with van der Waals surface area (Å²) in [6.07, 6.45) is 1.65. The summed E-state index contributed by atoms with van der Waals surface area (Å²) < 4.78 is 12.9. The average molecular weight is 664 g/mol. The summed E-state index contributed by atoms with van der Waals surface area (Å²) in [6.45, 7) is 2.39. The van der Waals surface area contributed by atoms with E-state index in [1.807, 2.05) is 37.3 Å². The van der Waals surface area contributed by atoms with Gasteiger partial charge >= 0.3 is 5.97 Å². The highest BCUT2D eigenvalue weighted by atomic mass is 127. The zero-order chi connectivity index (χ0) is 24.9. The SMILES string of the molecule is CCOc1cc(/C=C2\SC(=O)N(Cc3ccc(Br)cc3)C2=O)cc(I)c1OC(=O)c1ccccc1. The molecule has 3 aromatic rings. The van der Waals surface area contributed by atoms with Crippen LogP contribution in [-0.4, -0.2) is 28.6 Å². The number of amides is 2. The lowest BCUT2D eigenvalue weighted by Crippen LogP contribution is -2.27. The van der Waals surface area contributed by atoms with E-state index in [0.29, 0.717) is 37.7 Å². The molecule has 9 heteroatoms. The number of thioether (sulfide) groups is 1. The fraction of sp³-hybridized carbons (Fsp3) is 0.115. The molecule has 4 rings (SSSR count). The summed E-state index contributed by atoms with van der Waals surface area (Å²) in [5, 5.41) is -0.322. The highest BCUT2D eigenvalue weighted by Gasteiger charge is 2.35. The summed E-state index contributed by atoms with van der Waals surface area (Å²) >= 11 is 6.34. The molecule has 0 bridgehead atoms. The number of esters is 1. The van der Waals surface area contributed by atoms with Gasteiger partial charge in [0.15, 0.2) is 11.5 Å². The van der Waals surface area contributed by atoms with Crippen molar-refractivity contribution in [1.82, 2.24) is 4.90 Å². The first-order valence-electron chi connectivity index (χ1n) is 10.6. The van der Waals surface area contributed by atoms with Crippen LogP contribution in [-0.2, 0) is 11.3 Å². The predicted molar refractivity (Wildman–Crippen MR) is 147 cm³/mol. The van der Waals surface area contributed by atoms with Gasteiger partial charge in [-0.2, -0.15) is 0 Å². The average Bonchev–Trinajstić information content (AvgIpc) is 3.10. The van der Waals surface area contributed by atoms with Gasteiger partial charge in [0.25, 0.3) is 11.1 Å². The molecular weight excluding hydrogens is 645 g/mol. The van der Waals surface area contributed by atoms with Gasteiger partial charge < -0.3 is 9.47 Å². The number of rotatable bonds is 7. The number of carbonyl (C=O) groups is 3. The first-order chi connectivity index (χ1) is 16.9. The number of benzene rings is 3. The molecule has 6 nitrogen and oxygen atoms in total. The molecular formula is C26H19BrINO5S. The third-order valence-corrected chi connectivity index (χ3v) is 7.20. The topological polar surface area (TPSA) is 72.9 Å². The van der Waals surface area contributed by atoms with Crippen LogP contribution in [0.25, 0.3) is 6.08 Å². The summed E-state index contributed by atoms with van der Waals surface area (Å²) in [4.78, 5) is 39.6. The van der Waals surface area contributed by atoms with E-state index in [4.69, 9.17) is 9.47 Å². The molecule has 2 amide bonds. The quantitative estimate of drug-likeness (QED) is 0.118. The van der Waals surface area contributed by atoms with Crippen LogP contribution >= 0.6 is 50.3 Å². The minimum absolute atomic E-state index is 0.200. The van der Waals surface area contributed by atoms with E-state index in [9.17, 15) is 14.4 Å². The molecule has 1 aliphatic heterocycles. The molecule has 1 saturated heterocycles. The minimum Gasteiger partial charge on any atom is -0.490 e. The van der Waals surface area contributed by atoms with Crippen molar-refractivity contribution in [2.24, 2.45) is 0 Å². The molecule has 1 fully saturated rings. The Labute approximate surface area is 228 Å². The third kappa shape index (κ3) is 6.14. The number of nitrogens with zero attached hydrogens (tertiary/aromatic N) is 1. The molecule has 1 heterocycles. The summed E-state index contributed by atoms with van der Waals surface area (Å²) in [5.74, 6) is -0.160. The molecule has 1 aliphatic rings. The van der Waals surface area contributed by atoms with Crippen LogP contribution in [0.2, 0.25) is 0 Å². The van der Waals surface area contributed by atoms with Crippen LogP contribution in [0.1, 0.15) is 28.4 Å². The number of ether oxygens (including phenoxy) is 2. The molecule has 178 valence electrons. The predicted octanol–water partition coefficient (Wildman–Crippen LogP) is 6.91. The first kappa shape index (κ1) is 25.5. The van der Waals surface area contributed by atoms with Crippen molar-refractivity contribution >= 4 is 73.5 Å². The van der Waals surface area contributed by atoms with Crippen molar-refractivity contribution in [1.29, 1.82) is 0 Å².